The molecule has 0 spiro atoms. The van der Waals surface area contributed by atoms with Crippen LogP contribution in [0.5, 0.6) is 0 Å². The minimum atomic E-state index is 0.290. The normalized spacial score (nSPS) is 8.86. The maximum absolute atomic E-state index is 8.47. The zero-order valence-corrected chi connectivity index (χ0v) is 8.71. The van der Waals surface area contributed by atoms with Crippen molar-refractivity contribution in [2.45, 2.75) is 0 Å². The van der Waals surface area contributed by atoms with E-state index in [1.807, 2.05) is 36.4 Å². The zero-order chi connectivity index (χ0) is 10.4. The summed E-state index contributed by atoms with van der Waals surface area (Å²) in [7, 11) is 1.78. The average Bonchev–Trinajstić information content (AvgIpc) is 2.19. The molecule has 4 heteroatoms. The first-order valence-corrected chi connectivity index (χ1v) is 4.59. The SMILES string of the molecule is CN(CC#N)C(=S)Nc1ccccc1. The highest BCUT2D eigenvalue weighted by Gasteiger charge is 2.02. The Morgan fingerprint density at radius 1 is 1.50 bits per heavy atom. The topological polar surface area (TPSA) is 39.1 Å². The number of para-hydroxylation sites is 1. The molecule has 0 atom stereocenters. The van der Waals surface area contributed by atoms with Crippen LogP contribution in [0.1, 0.15) is 0 Å². The van der Waals surface area contributed by atoms with Crippen LogP contribution in [0, 0.1) is 11.3 Å². The van der Waals surface area contributed by atoms with E-state index in [4.69, 9.17) is 17.5 Å². The Labute approximate surface area is 89.0 Å². The fraction of sp³-hybridized carbons (Fsp3) is 0.200. The van der Waals surface area contributed by atoms with E-state index < -0.39 is 0 Å². The summed E-state index contributed by atoms with van der Waals surface area (Å²) in [6, 6.07) is 11.7. The molecule has 0 heterocycles. The molecule has 0 unspecified atom stereocenters. The van der Waals surface area contributed by atoms with Crippen LogP contribution in [0.25, 0.3) is 0 Å². The van der Waals surface area contributed by atoms with Gasteiger partial charge in [0.2, 0.25) is 0 Å². The highest BCUT2D eigenvalue weighted by molar-refractivity contribution is 7.80. The summed E-state index contributed by atoms with van der Waals surface area (Å²) in [5, 5.41) is 12.1. The molecule has 72 valence electrons. The van der Waals surface area contributed by atoms with Crippen molar-refractivity contribution in [2.75, 3.05) is 18.9 Å². The molecule has 0 radical (unpaired) electrons. The van der Waals surface area contributed by atoms with Gasteiger partial charge in [-0.15, -0.1) is 0 Å². The Morgan fingerprint density at radius 2 is 2.14 bits per heavy atom. The van der Waals surface area contributed by atoms with Gasteiger partial charge in [0.15, 0.2) is 5.11 Å². The van der Waals surface area contributed by atoms with Crippen LogP contribution < -0.4 is 5.32 Å². The van der Waals surface area contributed by atoms with Gasteiger partial charge >= 0.3 is 0 Å². The Balaban J connectivity index is 2.54. The third-order valence-corrected chi connectivity index (χ3v) is 2.09. The molecule has 1 aromatic carbocycles. The van der Waals surface area contributed by atoms with Gasteiger partial charge in [0.25, 0.3) is 0 Å². The van der Waals surface area contributed by atoms with Crippen molar-refractivity contribution in [3.8, 4) is 6.07 Å². The summed E-state index contributed by atoms with van der Waals surface area (Å²) >= 11 is 5.09. The molecule has 0 aliphatic carbocycles. The quantitative estimate of drug-likeness (QED) is 0.590. The number of rotatable bonds is 2. The molecule has 0 aliphatic heterocycles. The fourth-order valence-corrected chi connectivity index (χ4v) is 1.10. The summed E-state index contributed by atoms with van der Waals surface area (Å²) in [6.45, 7) is 0.290. The third kappa shape index (κ3) is 3.04. The van der Waals surface area contributed by atoms with Gasteiger partial charge in [-0.05, 0) is 24.4 Å². The van der Waals surface area contributed by atoms with E-state index in [0.29, 0.717) is 11.7 Å². The van der Waals surface area contributed by atoms with E-state index in [1.165, 1.54) is 0 Å². The number of nitriles is 1. The van der Waals surface area contributed by atoms with Crippen molar-refractivity contribution in [1.82, 2.24) is 4.90 Å². The minimum Gasteiger partial charge on any atom is -0.339 e. The number of hydrogen-bond acceptors (Lipinski definition) is 2. The van der Waals surface area contributed by atoms with E-state index in [-0.39, 0.29) is 0 Å². The van der Waals surface area contributed by atoms with Crippen molar-refractivity contribution in [3.63, 3.8) is 0 Å². The lowest BCUT2D eigenvalue weighted by atomic mass is 10.3. The van der Waals surface area contributed by atoms with Crippen molar-refractivity contribution in [3.05, 3.63) is 30.3 Å². The van der Waals surface area contributed by atoms with Crippen molar-refractivity contribution >= 4 is 23.0 Å². The van der Waals surface area contributed by atoms with E-state index in [0.717, 1.165) is 5.69 Å². The van der Waals surface area contributed by atoms with Crippen LogP contribution in [0.2, 0.25) is 0 Å². The predicted octanol–water partition coefficient (Wildman–Crippen LogP) is 1.84. The maximum atomic E-state index is 8.47. The van der Waals surface area contributed by atoms with Gasteiger partial charge < -0.3 is 10.2 Å². The van der Waals surface area contributed by atoms with Gasteiger partial charge in [-0.2, -0.15) is 5.26 Å². The second-order valence-corrected chi connectivity index (χ2v) is 3.20. The lowest BCUT2D eigenvalue weighted by molar-refractivity contribution is 0.579. The molecule has 0 aromatic heterocycles. The van der Waals surface area contributed by atoms with Crippen molar-refractivity contribution < 1.29 is 0 Å². The number of thiocarbonyl (C=S) groups is 1. The number of nitrogens with zero attached hydrogens (tertiary/aromatic N) is 2. The summed E-state index contributed by atoms with van der Waals surface area (Å²) in [5.74, 6) is 0. The van der Waals surface area contributed by atoms with Crippen LogP contribution in [0.3, 0.4) is 0 Å². The second-order valence-electron chi connectivity index (χ2n) is 2.81. The molecule has 0 saturated heterocycles. The van der Waals surface area contributed by atoms with Gasteiger partial charge in [0.05, 0.1) is 6.07 Å². The van der Waals surface area contributed by atoms with Gasteiger partial charge in [-0.1, -0.05) is 18.2 Å². The summed E-state index contributed by atoms with van der Waals surface area (Å²) in [4.78, 5) is 1.68. The van der Waals surface area contributed by atoms with E-state index in [2.05, 4.69) is 5.32 Å². The van der Waals surface area contributed by atoms with Crippen molar-refractivity contribution in [1.29, 1.82) is 5.26 Å². The summed E-state index contributed by atoms with van der Waals surface area (Å²) < 4.78 is 0. The molecule has 14 heavy (non-hydrogen) atoms. The molecule has 1 aromatic rings. The van der Waals surface area contributed by atoms with E-state index in [1.54, 1.807) is 11.9 Å². The number of anilines is 1. The lowest BCUT2D eigenvalue weighted by Gasteiger charge is -2.17. The number of benzene rings is 1. The van der Waals surface area contributed by atoms with Crippen LogP contribution in [0.15, 0.2) is 30.3 Å². The highest BCUT2D eigenvalue weighted by atomic mass is 32.1. The van der Waals surface area contributed by atoms with Gasteiger partial charge in [0.1, 0.15) is 6.54 Å². The highest BCUT2D eigenvalue weighted by Crippen LogP contribution is 2.05. The first kappa shape index (κ1) is 10.5. The smallest absolute Gasteiger partial charge is 0.174 e. The Hall–Kier alpha value is -1.60. The predicted molar refractivity (Wildman–Crippen MR) is 60.9 cm³/mol. The molecule has 0 amide bonds. The van der Waals surface area contributed by atoms with Gasteiger partial charge in [-0.25, -0.2) is 0 Å². The van der Waals surface area contributed by atoms with Crippen LogP contribution in [-0.4, -0.2) is 23.6 Å². The third-order valence-electron chi connectivity index (χ3n) is 1.68. The molecule has 0 saturated carbocycles. The molecule has 1 N–H and O–H groups in total. The van der Waals surface area contributed by atoms with Gasteiger partial charge in [0, 0.05) is 12.7 Å². The number of nitrogens with one attached hydrogen (secondary N) is 1. The fourth-order valence-electron chi connectivity index (χ4n) is 0.918. The van der Waals surface area contributed by atoms with Crippen molar-refractivity contribution in [2.24, 2.45) is 0 Å². The number of hydrogen-bond donors (Lipinski definition) is 1. The summed E-state index contributed by atoms with van der Waals surface area (Å²) in [5.41, 5.74) is 0.933. The first-order chi connectivity index (χ1) is 6.74. The van der Waals surface area contributed by atoms with Gasteiger partial charge in [-0.3, -0.25) is 0 Å². The standard InChI is InChI=1S/C10H11N3S/c1-13(8-7-11)10(14)12-9-5-3-2-4-6-9/h2-6H,8H2,1H3,(H,12,14). The molecule has 1 rings (SSSR count). The lowest BCUT2D eigenvalue weighted by Crippen LogP contribution is -2.31. The average molecular weight is 205 g/mol. The molecular formula is C10H11N3S. The molecule has 0 fully saturated rings. The zero-order valence-electron chi connectivity index (χ0n) is 7.90. The van der Waals surface area contributed by atoms with Crippen LogP contribution >= 0.6 is 12.2 Å². The van der Waals surface area contributed by atoms with E-state index in [9.17, 15) is 0 Å². The summed E-state index contributed by atoms with van der Waals surface area (Å²) in [6.07, 6.45) is 0. The Kier molecular flexibility index (Phi) is 3.89. The molecule has 3 nitrogen and oxygen atoms in total. The Morgan fingerprint density at radius 3 is 2.71 bits per heavy atom. The molecular weight excluding hydrogens is 194 g/mol. The molecule has 0 bridgehead atoms. The minimum absolute atomic E-state index is 0.290. The van der Waals surface area contributed by atoms with Crippen LogP contribution in [0.4, 0.5) is 5.69 Å². The maximum Gasteiger partial charge on any atom is 0.174 e. The van der Waals surface area contributed by atoms with Crippen LogP contribution in [-0.2, 0) is 0 Å². The monoisotopic (exact) mass is 205 g/mol. The largest absolute Gasteiger partial charge is 0.339 e. The Bertz CT molecular complexity index is 342. The second kappa shape index (κ2) is 5.20. The first-order valence-electron chi connectivity index (χ1n) is 4.18. The molecule has 0 aliphatic rings. The van der Waals surface area contributed by atoms with E-state index >= 15 is 0 Å².